The lowest BCUT2D eigenvalue weighted by Gasteiger charge is -2.42. The second-order valence-corrected chi connectivity index (χ2v) is 12.0. The molecule has 0 heterocycles. The number of aryl methyl sites for hydroxylation is 3. The van der Waals surface area contributed by atoms with Crippen molar-refractivity contribution in [2.45, 2.75) is 33.9 Å². The summed E-state index contributed by atoms with van der Waals surface area (Å²) >= 11 is 0. The zero-order chi connectivity index (χ0) is 19.6. The summed E-state index contributed by atoms with van der Waals surface area (Å²) in [5.74, 6) is 0. The maximum atomic E-state index is 4.56. The van der Waals surface area contributed by atoms with Crippen molar-refractivity contribution >= 4 is 24.8 Å². The van der Waals surface area contributed by atoms with Crippen LogP contribution in [0.25, 0.3) is 5.70 Å². The van der Waals surface area contributed by atoms with Crippen LogP contribution in [0.3, 0.4) is 0 Å². The summed E-state index contributed by atoms with van der Waals surface area (Å²) < 4.78 is 2.54. The van der Waals surface area contributed by atoms with E-state index in [-0.39, 0.29) is 0 Å². The SMILES string of the molecule is C=C(c1ccccc1)N(c1c(C)cc(C)cc1C)[Si](C)(C)c1ccccc1. The van der Waals surface area contributed by atoms with Gasteiger partial charge in [0.05, 0.1) is 0 Å². The first-order valence-electron chi connectivity index (χ1n) is 9.50. The summed E-state index contributed by atoms with van der Waals surface area (Å²) in [6, 6.07) is 26.0. The molecule has 0 spiro atoms. The molecule has 0 unspecified atom stereocenters. The van der Waals surface area contributed by atoms with Crippen molar-refractivity contribution in [2.24, 2.45) is 0 Å². The largest absolute Gasteiger partial charge is 0.364 e. The van der Waals surface area contributed by atoms with Crippen molar-refractivity contribution in [1.29, 1.82) is 0 Å². The Kier molecular flexibility index (Phi) is 5.38. The number of hydrogen-bond acceptors (Lipinski definition) is 1. The second kappa shape index (κ2) is 7.57. The average Bonchev–Trinajstić information content (AvgIpc) is 2.65. The molecule has 138 valence electrons. The van der Waals surface area contributed by atoms with Crippen molar-refractivity contribution < 1.29 is 0 Å². The quantitative estimate of drug-likeness (QED) is 0.483. The zero-order valence-corrected chi connectivity index (χ0v) is 18.1. The lowest BCUT2D eigenvalue weighted by Crippen LogP contribution is -2.57. The zero-order valence-electron chi connectivity index (χ0n) is 17.1. The Morgan fingerprint density at radius 3 is 1.78 bits per heavy atom. The molecule has 0 bridgehead atoms. The third-order valence-corrected chi connectivity index (χ3v) is 8.63. The lowest BCUT2D eigenvalue weighted by atomic mass is 10.0. The summed E-state index contributed by atoms with van der Waals surface area (Å²) in [7, 11) is -2.04. The minimum atomic E-state index is -2.04. The smallest absolute Gasteiger partial charge is 0.187 e. The van der Waals surface area contributed by atoms with Crippen LogP contribution in [-0.4, -0.2) is 8.24 Å². The molecule has 0 saturated heterocycles. The Labute approximate surface area is 165 Å². The van der Waals surface area contributed by atoms with Crippen LogP contribution in [0.2, 0.25) is 13.1 Å². The van der Waals surface area contributed by atoms with E-state index in [1.165, 1.54) is 33.1 Å². The van der Waals surface area contributed by atoms with Gasteiger partial charge in [0.2, 0.25) is 0 Å². The summed E-state index contributed by atoms with van der Waals surface area (Å²) in [5, 5.41) is 1.40. The third-order valence-electron chi connectivity index (χ3n) is 5.28. The Hall–Kier alpha value is -2.58. The van der Waals surface area contributed by atoms with Crippen molar-refractivity contribution in [1.82, 2.24) is 0 Å². The van der Waals surface area contributed by atoms with E-state index in [1.807, 2.05) is 0 Å². The van der Waals surface area contributed by atoms with E-state index in [0.717, 1.165) is 5.70 Å². The van der Waals surface area contributed by atoms with Crippen LogP contribution in [0, 0.1) is 20.8 Å². The first-order chi connectivity index (χ1) is 12.8. The fourth-order valence-electron chi connectivity index (χ4n) is 4.01. The van der Waals surface area contributed by atoms with Crippen molar-refractivity contribution in [3.8, 4) is 0 Å². The molecule has 0 aliphatic heterocycles. The van der Waals surface area contributed by atoms with Crippen LogP contribution in [0.15, 0.2) is 79.4 Å². The fourth-order valence-corrected chi connectivity index (χ4v) is 6.99. The van der Waals surface area contributed by atoms with Crippen LogP contribution in [0.1, 0.15) is 22.3 Å². The number of hydrogen-bond donors (Lipinski definition) is 0. The van der Waals surface area contributed by atoms with Gasteiger partial charge in [0.1, 0.15) is 0 Å². The lowest BCUT2D eigenvalue weighted by molar-refractivity contribution is 1.24. The van der Waals surface area contributed by atoms with E-state index < -0.39 is 8.24 Å². The monoisotopic (exact) mass is 371 g/mol. The van der Waals surface area contributed by atoms with Gasteiger partial charge in [0.25, 0.3) is 0 Å². The average molecular weight is 372 g/mol. The molecule has 0 aliphatic carbocycles. The highest BCUT2D eigenvalue weighted by atomic mass is 28.3. The van der Waals surface area contributed by atoms with Gasteiger partial charge in [-0.3, -0.25) is 0 Å². The summed E-state index contributed by atoms with van der Waals surface area (Å²) in [6.07, 6.45) is 0. The molecule has 2 heteroatoms. The van der Waals surface area contributed by atoms with Gasteiger partial charge >= 0.3 is 0 Å². The fraction of sp³-hybridized carbons (Fsp3) is 0.200. The Morgan fingerprint density at radius 1 is 0.778 bits per heavy atom. The number of anilines is 1. The number of benzene rings is 3. The van der Waals surface area contributed by atoms with Crippen molar-refractivity contribution in [3.63, 3.8) is 0 Å². The predicted octanol–water partition coefficient (Wildman–Crippen LogP) is 6.20. The van der Waals surface area contributed by atoms with Gasteiger partial charge < -0.3 is 4.57 Å². The third kappa shape index (κ3) is 3.76. The summed E-state index contributed by atoms with van der Waals surface area (Å²) in [4.78, 5) is 0. The topological polar surface area (TPSA) is 3.24 Å². The highest BCUT2D eigenvalue weighted by Crippen LogP contribution is 2.36. The molecule has 0 aromatic heterocycles. The van der Waals surface area contributed by atoms with E-state index in [2.05, 4.69) is 118 Å². The van der Waals surface area contributed by atoms with Gasteiger partial charge in [0.15, 0.2) is 8.24 Å². The highest BCUT2D eigenvalue weighted by molar-refractivity contribution is 6.94. The first-order valence-corrected chi connectivity index (χ1v) is 12.4. The van der Waals surface area contributed by atoms with Crippen LogP contribution < -0.4 is 9.75 Å². The Balaban J connectivity index is 2.23. The predicted molar refractivity (Wildman–Crippen MR) is 122 cm³/mol. The summed E-state index contributed by atoms with van der Waals surface area (Å²) in [6.45, 7) is 16.0. The molecular weight excluding hydrogens is 342 g/mol. The van der Waals surface area contributed by atoms with E-state index in [9.17, 15) is 0 Å². The molecule has 0 amide bonds. The maximum Gasteiger partial charge on any atom is 0.187 e. The van der Waals surface area contributed by atoms with Crippen LogP contribution in [-0.2, 0) is 0 Å². The van der Waals surface area contributed by atoms with E-state index >= 15 is 0 Å². The van der Waals surface area contributed by atoms with Gasteiger partial charge in [0, 0.05) is 11.4 Å². The highest BCUT2D eigenvalue weighted by Gasteiger charge is 2.35. The Bertz CT molecular complexity index is 920. The van der Waals surface area contributed by atoms with Gasteiger partial charge in [-0.05, 0) is 55.7 Å². The van der Waals surface area contributed by atoms with E-state index in [0.29, 0.717) is 0 Å². The molecule has 1 nitrogen and oxygen atoms in total. The molecule has 3 aromatic rings. The molecule has 0 fully saturated rings. The normalized spacial score (nSPS) is 11.3. The van der Waals surface area contributed by atoms with Crippen LogP contribution in [0.5, 0.6) is 0 Å². The second-order valence-electron chi connectivity index (χ2n) is 7.82. The molecule has 3 aromatic carbocycles. The number of nitrogens with zero attached hydrogens (tertiary/aromatic N) is 1. The number of rotatable bonds is 5. The molecule has 0 saturated carbocycles. The van der Waals surface area contributed by atoms with Crippen LogP contribution in [0.4, 0.5) is 5.69 Å². The van der Waals surface area contributed by atoms with E-state index in [4.69, 9.17) is 0 Å². The Morgan fingerprint density at radius 2 is 1.26 bits per heavy atom. The van der Waals surface area contributed by atoms with Gasteiger partial charge in [-0.2, -0.15) is 0 Å². The summed E-state index contributed by atoms with van der Waals surface area (Å²) in [5.41, 5.74) is 7.47. The molecule has 3 rings (SSSR count). The van der Waals surface area contributed by atoms with Crippen LogP contribution >= 0.6 is 0 Å². The molecule has 0 aliphatic rings. The van der Waals surface area contributed by atoms with Gasteiger partial charge in [-0.1, -0.05) is 84.9 Å². The molecular formula is C25H29NSi. The molecule has 0 radical (unpaired) electrons. The van der Waals surface area contributed by atoms with Gasteiger partial charge in [-0.25, -0.2) is 0 Å². The first kappa shape index (κ1) is 19.2. The minimum Gasteiger partial charge on any atom is -0.364 e. The van der Waals surface area contributed by atoms with Crippen molar-refractivity contribution in [3.05, 3.63) is 102 Å². The standard InChI is InChI=1S/C25H29NSi/c1-19-17-20(2)25(21(3)18-19)26(22(4)23-13-9-7-10-14-23)27(5,6)24-15-11-8-12-16-24/h7-18H,4H2,1-3,5-6H3. The minimum absolute atomic E-state index is 1.08. The maximum absolute atomic E-state index is 4.56. The molecule has 0 atom stereocenters. The van der Waals surface area contributed by atoms with Gasteiger partial charge in [-0.15, -0.1) is 0 Å². The van der Waals surface area contributed by atoms with Crippen molar-refractivity contribution in [2.75, 3.05) is 4.57 Å². The molecule has 0 N–H and O–H groups in total. The molecule has 27 heavy (non-hydrogen) atoms. The van der Waals surface area contributed by atoms with E-state index in [1.54, 1.807) is 0 Å².